The number of nitrogens with zero attached hydrogens (tertiary/aromatic N) is 1. The Morgan fingerprint density at radius 2 is 2.18 bits per heavy atom. The molecule has 4 heteroatoms. The Labute approximate surface area is 106 Å². The van der Waals surface area contributed by atoms with E-state index in [0.29, 0.717) is 0 Å². The lowest BCUT2D eigenvalue weighted by molar-refractivity contribution is -0.137. The van der Waals surface area contributed by atoms with Crippen LogP contribution in [0.15, 0.2) is 11.4 Å². The third kappa shape index (κ3) is 1.89. The Kier molecular flexibility index (Phi) is 2.71. The molecule has 1 aromatic heterocycles. The van der Waals surface area contributed by atoms with Crippen LogP contribution in [0.3, 0.4) is 0 Å². The predicted molar refractivity (Wildman–Crippen MR) is 68.8 cm³/mol. The van der Waals surface area contributed by atoms with Crippen LogP contribution in [-0.4, -0.2) is 22.9 Å². The topological polar surface area (TPSA) is 46.3 Å². The van der Waals surface area contributed by atoms with Crippen LogP contribution in [0.25, 0.3) is 0 Å². The van der Waals surface area contributed by atoms with Gasteiger partial charge in [0.1, 0.15) is 0 Å². The Morgan fingerprint density at radius 3 is 2.94 bits per heavy atom. The second kappa shape index (κ2) is 4.10. The first-order valence-corrected chi connectivity index (χ1v) is 7.20. The van der Waals surface area contributed by atoms with Crippen molar-refractivity contribution in [3.8, 4) is 0 Å². The van der Waals surface area contributed by atoms with Crippen LogP contribution in [-0.2, 0) is 17.8 Å². The lowest BCUT2D eigenvalue weighted by Crippen LogP contribution is -2.54. The molecule has 1 aliphatic heterocycles. The first-order chi connectivity index (χ1) is 8.19. The van der Waals surface area contributed by atoms with E-state index in [1.54, 1.807) is 11.3 Å². The molecule has 1 saturated carbocycles. The van der Waals surface area contributed by atoms with Crippen molar-refractivity contribution in [2.24, 2.45) is 5.73 Å². The molecule has 0 radical (unpaired) electrons. The number of hydrogen-bond donors (Lipinski definition) is 1. The van der Waals surface area contributed by atoms with Crippen LogP contribution in [0, 0.1) is 0 Å². The second-order valence-electron chi connectivity index (χ2n) is 5.21. The van der Waals surface area contributed by atoms with Gasteiger partial charge < -0.3 is 10.6 Å². The standard InChI is InChI=1S/C13H18N2OS/c14-13(5-1-2-6-13)12(16)15-7-3-11-10(9-15)4-8-17-11/h4,8H,1-3,5-7,9,14H2. The lowest BCUT2D eigenvalue weighted by Gasteiger charge is -2.34. The molecule has 1 fully saturated rings. The van der Waals surface area contributed by atoms with Crippen LogP contribution in [0.5, 0.6) is 0 Å². The van der Waals surface area contributed by atoms with Crippen molar-refractivity contribution in [1.29, 1.82) is 0 Å². The third-order valence-corrected chi connectivity index (χ3v) is 5.04. The summed E-state index contributed by atoms with van der Waals surface area (Å²) in [5.41, 5.74) is 6.99. The predicted octanol–water partition coefficient (Wildman–Crippen LogP) is 1.90. The number of carbonyl (C=O) groups is 1. The maximum Gasteiger partial charge on any atom is 0.242 e. The van der Waals surface area contributed by atoms with Crippen molar-refractivity contribution in [2.45, 2.75) is 44.2 Å². The molecule has 17 heavy (non-hydrogen) atoms. The van der Waals surface area contributed by atoms with E-state index >= 15 is 0 Å². The van der Waals surface area contributed by atoms with E-state index < -0.39 is 5.54 Å². The van der Waals surface area contributed by atoms with Crippen LogP contribution < -0.4 is 5.73 Å². The first-order valence-electron chi connectivity index (χ1n) is 6.32. The number of thiophene rings is 1. The zero-order valence-electron chi connectivity index (χ0n) is 9.95. The Balaban J connectivity index is 1.76. The van der Waals surface area contributed by atoms with E-state index in [-0.39, 0.29) is 5.91 Å². The molecule has 0 bridgehead atoms. The monoisotopic (exact) mass is 250 g/mol. The minimum atomic E-state index is -0.562. The van der Waals surface area contributed by atoms with E-state index in [9.17, 15) is 4.79 Å². The second-order valence-corrected chi connectivity index (χ2v) is 6.21. The molecule has 2 N–H and O–H groups in total. The van der Waals surface area contributed by atoms with Crippen molar-refractivity contribution < 1.29 is 4.79 Å². The van der Waals surface area contributed by atoms with Gasteiger partial charge >= 0.3 is 0 Å². The summed E-state index contributed by atoms with van der Waals surface area (Å²) in [5, 5.41) is 2.12. The fourth-order valence-corrected chi connectivity index (χ4v) is 3.85. The molecule has 2 heterocycles. The van der Waals surface area contributed by atoms with Crippen LogP contribution in [0.2, 0.25) is 0 Å². The third-order valence-electron chi connectivity index (χ3n) is 4.02. The van der Waals surface area contributed by atoms with Gasteiger partial charge in [-0.05, 0) is 36.3 Å². The van der Waals surface area contributed by atoms with Gasteiger partial charge in [0.2, 0.25) is 5.91 Å². The number of amides is 1. The zero-order chi connectivity index (χ0) is 11.9. The minimum absolute atomic E-state index is 0.173. The molecule has 0 spiro atoms. The maximum absolute atomic E-state index is 12.5. The van der Waals surface area contributed by atoms with E-state index in [1.807, 2.05) is 4.90 Å². The molecule has 3 nitrogen and oxygen atoms in total. The molecule has 2 aliphatic rings. The van der Waals surface area contributed by atoms with Gasteiger partial charge in [-0.1, -0.05) is 12.8 Å². The average molecular weight is 250 g/mol. The highest BCUT2D eigenvalue weighted by Gasteiger charge is 2.40. The van der Waals surface area contributed by atoms with E-state index in [0.717, 1.165) is 45.2 Å². The molecule has 3 rings (SSSR count). The van der Waals surface area contributed by atoms with E-state index in [2.05, 4.69) is 11.4 Å². The highest BCUT2D eigenvalue weighted by Crippen LogP contribution is 2.31. The smallest absolute Gasteiger partial charge is 0.242 e. The molecular formula is C13H18N2OS. The van der Waals surface area contributed by atoms with Crippen molar-refractivity contribution in [3.63, 3.8) is 0 Å². The number of nitrogens with two attached hydrogens (primary N) is 1. The summed E-state index contributed by atoms with van der Waals surface area (Å²) in [5.74, 6) is 0.173. The van der Waals surface area contributed by atoms with E-state index in [1.165, 1.54) is 10.4 Å². The maximum atomic E-state index is 12.5. The minimum Gasteiger partial charge on any atom is -0.336 e. The molecule has 0 unspecified atom stereocenters. The van der Waals surface area contributed by atoms with E-state index in [4.69, 9.17) is 5.73 Å². The Hall–Kier alpha value is -0.870. The fourth-order valence-electron chi connectivity index (χ4n) is 2.96. The van der Waals surface area contributed by atoms with Gasteiger partial charge in [0, 0.05) is 18.0 Å². The fraction of sp³-hybridized carbons (Fsp3) is 0.615. The van der Waals surface area contributed by atoms with Crippen molar-refractivity contribution in [3.05, 3.63) is 21.9 Å². The summed E-state index contributed by atoms with van der Waals surface area (Å²) in [7, 11) is 0. The van der Waals surface area contributed by atoms with Gasteiger partial charge in [0.25, 0.3) is 0 Å². The molecule has 92 valence electrons. The van der Waals surface area contributed by atoms with Crippen LogP contribution in [0.4, 0.5) is 0 Å². The first kappa shape index (κ1) is 11.2. The molecule has 1 aromatic rings. The van der Waals surface area contributed by atoms with Crippen molar-refractivity contribution in [1.82, 2.24) is 4.90 Å². The number of carbonyl (C=O) groups excluding carboxylic acids is 1. The van der Waals surface area contributed by atoms with Crippen molar-refractivity contribution in [2.75, 3.05) is 6.54 Å². The number of rotatable bonds is 1. The van der Waals surface area contributed by atoms with Crippen LogP contribution in [0.1, 0.15) is 36.1 Å². The molecule has 1 aliphatic carbocycles. The highest BCUT2D eigenvalue weighted by molar-refractivity contribution is 7.10. The SMILES string of the molecule is NC1(C(=O)N2CCc3sccc3C2)CCCC1. The Bertz CT molecular complexity index is 434. The van der Waals surface area contributed by atoms with Gasteiger partial charge in [-0.2, -0.15) is 0 Å². The molecule has 0 saturated heterocycles. The number of hydrogen-bond acceptors (Lipinski definition) is 3. The molecule has 0 aromatic carbocycles. The van der Waals surface area contributed by atoms with Gasteiger partial charge in [-0.25, -0.2) is 0 Å². The van der Waals surface area contributed by atoms with Crippen molar-refractivity contribution >= 4 is 17.2 Å². The quantitative estimate of drug-likeness (QED) is 0.827. The molecule has 1 amide bonds. The summed E-state index contributed by atoms with van der Waals surface area (Å²) >= 11 is 1.80. The summed E-state index contributed by atoms with van der Waals surface area (Å²) in [6.45, 7) is 1.60. The van der Waals surface area contributed by atoms with Gasteiger partial charge in [0.05, 0.1) is 5.54 Å². The molecule has 0 atom stereocenters. The summed E-state index contributed by atoms with van der Waals surface area (Å²) in [6, 6.07) is 2.14. The normalized spacial score (nSPS) is 22.5. The molecular weight excluding hydrogens is 232 g/mol. The highest BCUT2D eigenvalue weighted by atomic mass is 32.1. The summed E-state index contributed by atoms with van der Waals surface area (Å²) in [4.78, 5) is 15.9. The lowest BCUT2D eigenvalue weighted by atomic mass is 9.96. The van der Waals surface area contributed by atoms with Gasteiger partial charge in [-0.15, -0.1) is 11.3 Å². The van der Waals surface area contributed by atoms with Crippen LogP contribution >= 0.6 is 11.3 Å². The number of fused-ring (bicyclic) bond motifs is 1. The average Bonchev–Trinajstić information content (AvgIpc) is 2.96. The van der Waals surface area contributed by atoms with Gasteiger partial charge in [0.15, 0.2) is 0 Å². The van der Waals surface area contributed by atoms with Gasteiger partial charge in [-0.3, -0.25) is 4.79 Å². The summed E-state index contributed by atoms with van der Waals surface area (Å²) < 4.78 is 0. The summed E-state index contributed by atoms with van der Waals surface area (Å²) in [6.07, 6.45) is 4.91. The largest absolute Gasteiger partial charge is 0.336 e. The Morgan fingerprint density at radius 1 is 1.41 bits per heavy atom. The zero-order valence-corrected chi connectivity index (χ0v) is 10.8.